The Bertz CT molecular complexity index is 470. The van der Waals surface area contributed by atoms with Crippen molar-refractivity contribution in [2.24, 2.45) is 0 Å². The van der Waals surface area contributed by atoms with Crippen molar-refractivity contribution in [2.75, 3.05) is 6.61 Å². The smallest absolute Gasteiger partial charge is 0.340 e. The maximum atomic E-state index is 11.7. The fourth-order valence-electron chi connectivity index (χ4n) is 2.23. The molecule has 1 N–H and O–H groups in total. The quantitative estimate of drug-likeness (QED) is 0.684. The Labute approximate surface area is 122 Å². The fraction of sp³-hybridized carbons (Fsp3) is 0.500. The van der Waals surface area contributed by atoms with Crippen molar-refractivity contribution in [3.8, 4) is 0 Å². The van der Waals surface area contributed by atoms with Gasteiger partial charge in [0.25, 0.3) is 5.91 Å². The predicted octanol–water partition coefficient (Wildman–Crippen LogP) is 2.34. The van der Waals surface area contributed by atoms with Crippen LogP contribution in [-0.2, 0) is 9.53 Å². The zero-order valence-corrected chi connectivity index (χ0v) is 11.9. The highest BCUT2D eigenvalue weighted by Crippen LogP contribution is 2.17. The highest BCUT2D eigenvalue weighted by molar-refractivity contribution is 6.29. The molecule has 1 heterocycles. The van der Waals surface area contributed by atoms with Crippen LogP contribution in [-0.4, -0.2) is 29.5 Å². The Morgan fingerprint density at radius 3 is 2.70 bits per heavy atom. The molecule has 1 saturated carbocycles. The van der Waals surface area contributed by atoms with Gasteiger partial charge in [-0.3, -0.25) is 4.79 Å². The summed E-state index contributed by atoms with van der Waals surface area (Å²) in [5.41, 5.74) is 0.278. The molecule has 1 amide bonds. The number of esters is 1. The number of aromatic nitrogens is 1. The van der Waals surface area contributed by atoms with E-state index in [1.165, 1.54) is 24.8 Å². The Morgan fingerprint density at radius 2 is 2.05 bits per heavy atom. The summed E-state index contributed by atoms with van der Waals surface area (Å²) in [7, 11) is 0. The van der Waals surface area contributed by atoms with Gasteiger partial charge in [-0.1, -0.05) is 30.9 Å². The van der Waals surface area contributed by atoms with Gasteiger partial charge in [0.15, 0.2) is 6.61 Å². The molecule has 108 valence electrons. The van der Waals surface area contributed by atoms with Gasteiger partial charge in [0.2, 0.25) is 0 Å². The van der Waals surface area contributed by atoms with Crippen LogP contribution in [0.5, 0.6) is 0 Å². The average molecular weight is 297 g/mol. The third-order valence-corrected chi connectivity index (χ3v) is 3.49. The predicted molar refractivity (Wildman–Crippen MR) is 74.5 cm³/mol. The van der Waals surface area contributed by atoms with E-state index in [4.69, 9.17) is 16.3 Å². The number of pyridine rings is 1. The highest BCUT2D eigenvalue weighted by Gasteiger charge is 2.17. The molecule has 20 heavy (non-hydrogen) atoms. The summed E-state index contributed by atoms with van der Waals surface area (Å²) < 4.78 is 4.94. The largest absolute Gasteiger partial charge is 0.452 e. The third kappa shape index (κ3) is 4.49. The van der Waals surface area contributed by atoms with Gasteiger partial charge in [0.05, 0.1) is 5.56 Å². The van der Waals surface area contributed by atoms with Crippen LogP contribution >= 0.6 is 11.6 Å². The lowest BCUT2D eigenvalue weighted by Crippen LogP contribution is -2.38. The molecule has 0 atom stereocenters. The van der Waals surface area contributed by atoms with Crippen molar-refractivity contribution < 1.29 is 14.3 Å². The Hall–Kier alpha value is -1.62. The standard InChI is InChI=1S/C14H17ClN2O3/c15-12-7-6-10(8-16-12)14(19)20-9-13(18)17-11-4-2-1-3-5-11/h6-8,11H,1-5,9H2,(H,17,18). The second-order valence-electron chi connectivity index (χ2n) is 4.85. The van der Waals surface area contributed by atoms with Crippen LogP contribution < -0.4 is 5.32 Å². The first-order valence-corrected chi connectivity index (χ1v) is 7.11. The van der Waals surface area contributed by atoms with Gasteiger partial charge in [-0.15, -0.1) is 0 Å². The van der Waals surface area contributed by atoms with Crippen molar-refractivity contribution in [3.05, 3.63) is 29.0 Å². The molecule has 1 aliphatic rings. The lowest BCUT2D eigenvalue weighted by Gasteiger charge is -2.22. The molecule has 0 bridgehead atoms. The first kappa shape index (κ1) is 14.8. The summed E-state index contributed by atoms with van der Waals surface area (Å²) in [4.78, 5) is 27.1. The van der Waals surface area contributed by atoms with Crippen molar-refractivity contribution >= 4 is 23.5 Å². The average Bonchev–Trinajstić information content (AvgIpc) is 2.46. The number of rotatable bonds is 4. The number of nitrogens with one attached hydrogen (secondary N) is 1. The number of nitrogens with zero attached hydrogens (tertiary/aromatic N) is 1. The van der Waals surface area contributed by atoms with E-state index in [1.54, 1.807) is 0 Å². The first-order valence-electron chi connectivity index (χ1n) is 6.73. The lowest BCUT2D eigenvalue weighted by atomic mass is 9.95. The van der Waals surface area contributed by atoms with Crippen molar-refractivity contribution in [2.45, 2.75) is 38.1 Å². The van der Waals surface area contributed by atoms with Gasteiger partial charge in [0.1, 0.15) is 5.15 Å². The maximum absolute atomic E-state index is 11.7. The summed E-state index contributed by atoms with van der Waals surface area (Å²) in [6.07, 6.45) is 6.83. The number of carbonyl (C=O) groups excluding carboxylic acids is 2. The molecule has 0 unspecified atom stereocenters. The van der Waals surface area contributed by atoms with E-state index < -0.39 is 5.97 Å². The monoisotopic (exact) mass is 296 g/mol. The summed E-state index contributed by atoms with van der Waals surface area (Å²) in [6, 6.07) is 3.23. The molecule has 0 saturated heterocycles. The van der Waals surface area contributed by atoms with E-state index in [0.29, 0.717) is 5.15 Å². The van der Waals surface area contributed by atoms with E-state index in [0.717, 1.165) is 25.7 Å². The Kier molecular flexibility index (Phi) is 5.35. The third-order valence-electron chi connectivity index (χ3n) is 3.27. The van der Waals surface area contributed by atoms with Gasteiger partial charge in [-0.2, -0.15) is 0 Å². The zero-order chi connectivity index (χ0) is 14.4. The van der Waals surface area contributed by atoms with Crippen LogP contribution in [0, 0.1) is 0 Å². The van der Waals surface area contributed by atoms with Crippen molar-refractivity contribution in [1.82, 2.24) is 10.3 Å². The second-order valence-corrected chi connectivity index (χ2v) is 5.24. The van der Waals surface area contributed by atoms with E-state index in [9.17, 15) is 9.59 Å². The topological polar surface area (TPSA) is 68.3 Å². The van der Waals surface area contributed by atoms with Crippen LogP contribution in [0.2, 0.25) is 5.15 Å². The molecule has 1 aromatic rings. The van der Waals surface area contributed by atoms with E-state index >= 15 is 0 Å². The number of ether oxygens (including phenoxy) is 1. The zero-order valence-electron chi connectivity index (χ0n) is 11.1. The van der Waals surface area contributed by atoms with Gasteiger partial charge < -0.3 is 10.1 Å². The molecular formula is C14H17ClN2O3. The molecule has 0 aliphatic heterocycles. The minimum absolute atomic E-state index is 0.215. The van der Waals surface area contributed by atoms with Crippen LogP contribution in [0.4, 0.5) is 0 Å². The maximum Gasteiger partial charge on any atom is 0.340 e. The van der Waals surface area contributed by atoms with Gasteiger partial charge in [-0.05, 0) is 25.0 Å². The molecule has 0 radical (unpaired) electrons. The molecule has 0 aromatic carbocycles. The normalized spacial score (nSPS) is 15.7. The molecule has 0 spiro atoms. The Balaban J connectivity index is 1.75. The Morgan fingerprint density at radius 1 is 1.30 bits per heavy atom. The lowest BCUT2D eigenvalue weighted by molar-refractivity contribution is -0.125. The summed E-state index contributed by atoms with van der Waals surface area (Å²) in [5.74, 6) is -0.833. The minimum atomic E-state index is -0.576. The molecule has 6 heteroatoms. The van der Waals surface area contributed by atoms with Crippen LogP contribution in [0.3, 0.4) is 0 Å². The number of carbonyl (C=O) groups is 2. The van der Waals surface area contributed by atoms with Crippen molar-refractivity contribution in [1.29, 1.82) is 0 Å². The summed E-state index contributed by atoms with van der Waals surface area (Å²) >= 11 is 5.62. The number of amides is 1. The molecular weight excluding hydrogens is 280 g/mol. The van der Waals surface area contributed by atoms with E-state index in [-0.39, 0.29) is 24.1 Å². The van der Waals surface area contributed by atoms with Gasteiger partial charge in [-0.25, -0.2) is 9.78 Å². The SMILES string of the molecule is O=C(COC(=O)c1ccc(Cl)nc1)NC1CCCCC1. The van der Waals surface area contributed by atoms with Gasteiger partial charge >= 0.3 is 5.97 Å². The van der Waals surface area contributed by atoms with Crippen LogP contribution in [0.25, 0.3) is 0 Å². The van der Waals surface area contributed by atoms with E-state index in [2.05, 4.69) is 10.3 Å². The number of halogens is 1. The summed E-state index contributed by atoms with van der Waals surface area (Å²) in [6.45, 7) is -0.266. The number of hydrogen-bond donors (Lipinski definition) is 1. The van der Waals surface area contributed by atoms with Gasteiger partial charge in [0, 0.05) is 12.2 Å². The first-order chi connectivity index (χ1) is 9.65. The molecule has 1 fully saturated rings. The number of hydrogen-bond acceptors (Lipinski definition) is 4. The van der Waals surface area contributed by atoms with Crippen LogP contribution in [0.15, 0.2) is 18.3 Å². The summed E-state index contributed by atoms with van der Waals surface area (Å²) in [5, 5.41) is 3.18. The molecule has 1 aliphatic carbocycles. The highest BCUT2D eigenvalue weighted by atomic mass is 35.5. The fourth-order valence-corrected chi connectivity index (χ4v) is 2.34. The van der Waals surface area contributed by atoms with Crippen LogP contribution in [0.1, 0.15) is 42.5 Å². The molecule has 5 nitrogen and oxygen atoms in total. The second kappa shape index (κ2) is 7.24. The van der Waals surface area contributed by atoms with E-state index in [1.807, 2.05) is 0 Å². The van der Waals surface area contributed by atoms with Crippen molar-refractivity contribution in [3.63, 3.8) is 0 Å². The minimum Gasteiger partial charge on any atom is -0.452 e. The molecule has 2 rings (SSSR count). The molecule has 1 aromatic heterocycles.